The second-order valence-corrected chi connectivity index (χ2v) is 8.08. The van der Waals surface area contributed by atoms with E-state index in [-0.39, 0.29) is 13.2 Å². The summed E-state index contributed by atoms with van der Waals surface area (Å²) in [5, 5.41) is 29.0. The molecule has 1 rings (SSSR count). The second kappa shape index (κ2) is 17.4. The van der Waals surface area contributed by atoms with Gasteiger partial charge in [0.15, 0.2) is 0 Å². The molecule has 0 spiro atoms. The largest absolute Gasteiger partial charge is 0.388 e. The molecular formula is C23H44O5. The van der Waals surface area contributed by atoms with Crippen LogP contribution in [0.2, 0.25) is 0 Å². The topological polar surface area (TPSA) is 79.2 Å². The van der Waals surface area contributed by atoms with E-state index in [0.717, 1.165) is 12.8 Å². The lowest BCUT2D eigenvalue weighted by Crippen LogP contribution is -2.40. The Morgan fingerprint density at radius 1 is 0.893 bits per heavy atom. The Balaban J connectivity index is 1.80. The molecule has 5 nitrogen and oxygen atoms in total. The molecule has 0 unspecified atom stereocenters. The van der Waals surface area contributed by atoms with Gasteiger partial charge in [-0.3, -0.25) is 0 Å². The molecule has 4 atom stereocenters. The van der Waals surface area contributed by atoms with Crippen LogP contribution in [-0.4, -0.2) is 59.6 Å². The molecule has 0 aromatic carbocycles. The van der Waals surface area contributed by atoms with Crippen molar-refractivity contribution < 1.29 is 24.8 Å². The van der Waals surface area contributed by atoms with Crippen molar-refractivity contribution in [3.05, 3.63) is 12.2 Å². The number of rotatable bonds is 18. The Hall–Kier alpha value is -0.460. The first kappa shape index (κ1) is 25.6. The summed E-state index contributed by atoms with van der Waals surface area (Å²) in [7, 11) is 0. The fourth-order valence-electron chi connectivity index (χ4n) is 3.54. The first-order chi connectivity index (χ1) is 13.7. The van der Waals surface area contributed by atoms with Crippen molar-refractivity contribution in [2.75, 3.05) is 19.8 Å². The van der Waals surface area contributed by atoms with Gasteiger partial charge in [0.1, 0.15) is 24.4 Å². The number of aliphatic hydroxyl groups excluding tert-OH is 3. The number of hydrogen-bond acceptors (Lipinski definition) is 5. The summed E-state index contributed by atoms with van der Waals surface area (Å²) in [5.41, 5.74) is 0. The van der Waals surface area contributed by atoms with Gasteiger partial charge in [0.05, 0.1) is 13.2 Å². The third kappa shape index (κ3) is 12.2. The molecule has 0 aromatic heterocycles. The molecule has 1 aliphatic heterocycles. The number of allylic oxidation sites excluding steroid dienone is 2. The van der Waals surface area contributed by atoms with Gasteiger partial charge in [-0.25, -0.2) is 0 Å². The zero-order chi connectivity index (χ0) is 20.5. The maximum absolute atomic E-state index is 9.94. The molecule has 166 valence electrons. The van der Waals surface area contributed by atoms with Crippen LogP contribution in [0.4, 0.5) is 0 Å². The normalized spacial score (nSPS) is 23.6. The standard InChI is InChI=1S/C23H44O5/c1-2-3-4-5-6-7-8-9-10-11-12-13-14-15-16-17-27-18-21(25)23-22(26)20(24)19-28-23/h9-10,20-26H,2-8,11-19H2,1H3/b10-9+/t20-,21+,22-,23-/m1/s1. The van der Waals surface area contributed by atoms with Crippen molar-refractivity contribution in [2.45, 2.75) is 115 Å². The summed E-state index contributed by atoms with van der Waals surface area (Å²) in [4.78, 5) is 0. The fraction of sp³-hybridized carbons (Fsp3) is 0.913. The van der Waals surface area contributed by atoms with Gasteiger partial charge in [0.2, 0.25) is 0 Å². The van der Waals surface area contributed by atoms with Gasteiger partial charge in [-0.2, -0.15) is 0 Å². The number of unbranched alkanes of at least 4 members (excludes halogenated alkanes) is 11. The average molecular weight is 401 g/mol. The van der Waals surface area contributed by atoms with Gasteiger partial charge < -0.3 is 24.8 Å². The highest BCUT2D eigenvalue weighted by Crippen LogP contribution is 2.18. The van der Waals surface area contributed by atoms with Crippen LogP contribution in [0.3, 0.4) is 0 Å². The smallest absolute Gasteiger partial charge is 0.114 e. The van der Waals surface area contributed by atoms with E-state index >= 15 is 0 Å². The molecule has 1 saturated heterocycles. The van der Waals surface area contributed by atoms with Crippen molar-refractivity contribution >= 4 is 0 Å². The molecule has 1 fully saturated rings. The third-order valence-electron chi connectivity index (χ3n) is 5.41. The highest BCUT2D eigenvalue weighted by Gasteiger charge is 2.39. The molecule has 0 amide bonds. The number of aliphatic hydroxyl groups is 3. The summed E-state index contributed by atoms with van der Waals surface area (Å²) < 4.78 is 10.7. The molecule has 0 saturated carbocycles. The highest BCUT2D eigenvalue weighted by atomic mass is 16.5. The second-order valence-electron chi connectivity index (χ2n) is 8.08. The summed E-state index contributed by atoms with van der Waals surface area (Å²) >= 11 is 0. The maximum Gasteiger partial charge on any atom is 0.114 e. The Labute approximate surface area is 172 Å². The van der Waals surface area contributed by atoms with Crippen molar-refractivity contribution in [1.29, 1.82) is 0 Å². The highest BCUT2D eigenvalue weighted by molar-refractivity contribution is 4.87. The van der Waals surface area contributed by atoms with E-state index in [1.54, 1.807) is 0 Å². The molecular weight excluding hydrogens is 356 g/mol. The van der Waals surface area contributed by atoms with Crippen LogP contribution in [-0.2, 0) is 9.47 Å². The quantitative estimate of drug-likeness (QED) is 0.238. The first-order valence-electron chi connectivity index (χ1n) is 11.5. The van der Waals surface area contributed by atoms with Crippen LogP contribution in [0.25, 0.3) is 0 Å². The van der Waals surface area contributed by atoms with Crippen molar-refractivity contribution in [1.82, 2.24) is 0 Å². The predicted octanol–water partition coefficient (Wildman–Crippen LogP) is 4.13. The van der Waals surface area contributed by atoms with E-state index in [4.69, 9.17) is 9.47 Å². The zero-order valence-electron chi connectivity index (χ0n) is 17.9. The van der Waals surface area contributed by atoms with Crippen molar-refractivity contribution in [3.8, 4) is 0 Å². The molecule has 3 N–H and O–H groups in total. The van der Waals surface area contributed by atoms with Gasteiger partial charge in [-0.05, 0) is 32.1 Å². The number of hydrogen-bond donors (Lipinski definition) is 3. The van der Waals surface area contributed by atoms with Crippen molar-refractivity contribution in [2.24, 2.45) is 0 Å². The minimum absolute atomic E-state index is 0.0666. The van der Waals surface area contributed by atoms with Crippen LogP contribution in [0, 0.1) is 0 Å². The first-order valence-corrected chi connectivity index (χ1v) is 11.5. The summed E-state index contributed by atoms with van der Waals surface area (Å²) in [6.07, 6.45) is 17.6. The summed E-state index contributed by atoms with van der Waals surface area (Å²) in [6.45, 7) is 3.07. The van der Waals surface area contributed by atoms with Gasteiger partial charge in [0.25, 0.3) is 0 Å². The van der Waals surface area contributed by atoms with E-state index < -0.39 is 24.4 Å². The third-order valence-corrected chi connectivity index (χ3v) is 5.41. The average Bonchev–Trinajstić information content (AvgIpc) is 3.03. The molecule has 5 heteroatoms. The van der Waals surface area contributed by atoms with E-state index in [2.05, 4.69) is 19.1 Å². The van der Waals surface area contributed by atoms with Crippen LogP contribution in [0.5, 0.6) is 0 Å². The summed E-state index contributed by atoms with van der Waals surface area (Å²) in [6, 6.07) is 0. The zero-order valence-corrected chi connectivity index (χ0v) is 17.9. The molecule has 0 aliphatic carbocycles. The maximum atomic E-state index is 9.94. The molecule has 1 aliphatic rings. The number of ether oxygens (including phenoxy) is 2. The van der Waals surface area contributed by atoms with E-state index in [1.165, 1.54) is 70.6 Å². The lowest BCUT2D eigenvalue weighted by atomic mass is 10.1. The van der Waals surface area contributed by atoms with Gasteiger partial charge in [-0.15, -0.1) is 0 Å². The molecule has 0 aromatic rings. The van der Waals surface area contributed by atoms with E-state index in [1.807, 2.05) is 0 Å². The predicted molar refractivity (Wildman–Crippen MR) is 113 cm³/mol. The van der Waals surface area contributed by atoms with Gasteiger partial charge >= 0.3 is 0 Å². The van der Waals surface area contributed by atoms with Crippen molar-refractivity contribution in [3.63, 3.8) is 0 Å². The molecule has 28 heavy (non-hydrogen) atoms. The molecule has 0 radical (unpaired) electrons. The molecule has 1 heterocycles. The minimum Gasteiger partial charge on any atom is -0.388 e. The fourth-order valence-corrected chi connectivity index (χ4v) is 3.54. The monoisotopic (exact) mass is 400 g/mol. The SMILES string of the molecule is CCCCCCCC/C=C/CCCCCCCOC[C@H](O)[C@H]1OC[C@@H](O)[C@H]1O. The Morgan fingerprint density at radius 3 is 2.04 bits per heavy atom. The molecule has 0 bridgehead atoms. The van der Waals surface area contributed by atoms with E-state index in [0.29, 0.717) is 6.61 Å². The minimum atomic E-state index is -1.03. The van der Waals surface area contributed by atoms with Crippen LogP contribution in [0.15, 0.2) is 12.2 Å². The Bertz CT molecular complexity index is 374. The Kier molecular flexibility index (Phi) is 15.9. The van der Waals surface area contributed by atoms with Crippen LogP contribution in [0.1, 0.15) is 90.4 Å². The Morgan fingerprint density at radius 2 is 1.46 bits per heavy atom. The lowest BCUT2D eigenvalue weighted by Gasteiger charge is -2.20. The summed E-state index contributed by atoms with van der Waals surface area (Å²) in [5.74, 6) is 0. The van der Waals surface area contributed by atoms with Gasteiger partial charge in [-0.1, -0.05) is 70.4 Å². The van der Waals surface area contributed by atoms with E-state index in [9.17, 15) is 15.3 Å². The van der Waals surface area contributed by atoms with Gasteiger partial charge in [0, 0.05) is 6.61 Å². The van der Waals surface area contributed by atoms with Crippen LogP contribution >= 0.6 is 0 Å². The van der Waals surface area contributed by atoms with Crippen LogP contribution < -0.4 is 0 Å². The lowest BCUT2D eigenvalue weighted by molar-refractivity contribution is -0.0813.